The zero-order valence-electron chi connectivity index (χ0n) is 10.2. The minimum atomic E-state index is -0.153. The first-order chi connectivity index (χ1) is 7.16. The molecule has 0 fully saturated rings. The first-order valence-corrected chi connectivity index (χ1v) is 5.86. The number of hydrogen-bond donors (Lipinski definition) is 1. The summed E-state index contributed by atoms with van der Waals surface area (Å²) in [6, 6.07) is 0. The Bertz CT molecular complexity index is 129. The Labute approximate surface area is 94.4 Å². The molecule has 1 radical (unpaired) electrons. The normalized spacial score (nSPS) is 13.4. The van der Waals surface area contributed by atoms with Crippen LogP contribution in [0, 0.1) is 7.11 Å². The largest absolute Gasteiger partial charge is 0.393 e. The quantitative estimate of drug-likeness (QED) is 0.567. The van der Waals surface area contributed by atoms with Crippen molar-refractivity contribution in [3.05, 3.63) is 7.11 Å². The van der Waals surface area contributed by atoms with Crippen LogP contribution in [-0.4, -0.2) is 43.4 Å². The maximum Gasteiger partial charge on any atom is 0.0700 e. The lowest BCUT2D eigenvalue weighted by Gasteiger charge is -2.11. The van der Waals surface area contributed by atoms with Gasteiger partial charge in [-0.1, -0.05) is 12.8 Å². The van der Waals surface area contributed by atoms with Crippen LogP contribution in [0.1, 0.15) is 38.5 Å². The van der Waals surface area contributed by atoms with Crippen LogP contribution in [0.2, 0.25) is 0 Å². The van der Waals surface area contributed by atoms with Crippen molar-refractivity contribution < 1.29 is 9.84 Å². The fourth-order valence-corrected chi connectivity index (χ4v) is 1.55. The van der Waals surface area contributed by atoms with E-state index in [1.54, 1.807) is 0 Å². The van der Waals surface area contributed by atoms with Crippen LogP contribution in [0.5, 0.6) is 0 Å². The van der Waals surface area contributed by atoms with Crippen LogP contribution in [0.4, 0.5) is 0 Å². The van der Waals surface area contributed by atoms with Gasteiger partial charge in [0.2, 0.25) is 0 Å². The fraction of sp³-hybridized carbons (Fsp3) is 0.917. The number of hydrogen-bond acceptors (Lipinski definition) is 3. The van der Waals surface area contributed by atoms with Gasteiger partial charge in [-0.3, -0.25) is 0 Å². The highest BCUT2D eigenvalue weighted by Crippen LogP contribution is 2.08. The number of aliphatic hydroxyl groups is 1. The van der Waals surface area contributed by atoms with Gasteiger partial charge in [-0.05, 0) is 46.3 Å². The molecule has 0 saturated carbocycles. The van der Waals surface area contributed by atoms with Crippen molar-refractivity contribution >= 4 is 0 Å². The Morgan fingerprint density at radius 2 is 1.80 bits per heavy atom. The van der Waals surface area contributed by atoms with Crippen molar-refractivity contribution in [1.29, 1.82) is 0 Å². The molecule has 0 amide bonds. The van der Waals surface area contributed by atoms with Crippen LogP contribution in [0.15, 0.2) is 0 Å². The smallest absolute Gasteiger partial charge is 0.0700 e. The number of ether oxygens (including phenoxy) is 1. The van der Waals surface area contributed by atoms with Crippen LogP contribution in [-0.2, 0) is 4.74 Å². The summed E-state index contributed by atoms with van der Waals surface area (Å²) >= 11 is 0. The third kappa shape index (κ3) is 11.8. The van der Waals surface area contributed by atoms with Gasteiger partial charge in [0.25, 0.3) is 0 Å². The van der Waals surface area contributed by atoms with Gasteiger partial charge in [0.15, 0.2) is 0 Å². The van der Waals surface area contributed by atoms with Crippen LogP contribution < -0.4 is 0 Å². The third-order valence-corrected chi connectivity index (χ3v) is 2.47. The third-order valence-electron chi connectivity index (χ3n) is 2.47. The first kappa shape index (κ1) is 14.9. The van der Waals surface area contributed by atoms with Crippen molar-refractivity contribution in [1.82, 2.24) is 4.90 Å². The van der Waals surface area contributed by atoms with E-state index in [9.17, 15) is 5.11 Å². The Morgan fingerprint density at radius 1 is 1.13 bits per heavy atom. The monoisotopic (exact) mass is 216 g/mol. The minimum absolute atomic E-state index is 0.153. The summed E-state index contributed by atoms with van der Waals surface area (Å²) in [5.41, 5.74) is 0. The Morgan fingerprint density at radius 3 is 2.40 bits per heavy atom. The molecule has 0 aromatic carbocycles. The van der Waals surface area contributed by atoms with E-state index in [0.717, 1.165) is 32.2 Å². The number of aliphatic hydroxyl groups excluding tert-OH is 1. The molecule has 0 aliphatic heterocycles. The molecule has 0 aliphatic carbocycles. The zero-order valence-corrected chi connectivity index (χ0v) is 10.2. The van der Waals surface area contributed by atoms with E-state index in [0.29, 0.717) is 6.61 Å². The molecule has 91 valence electrons. The Balaban J connectivity index is 3.13. The van der Waals surface area contributed by atoms with Crippen molar-refractivity contribution in [2.75, 3.05) is 27.2 Å². The summed E-state index contributed by atoms with van der Waals surface area (Å²) in [5, 5.41) is 9.60. The predicted octanol–water partition coefficient (Wildman–Crippen LogP) is 2.06. The second-order valence-electron chi connectivity index (χ2n) is 4.36. The molecule has 0 aliphatic rings. The fourth-order valence-electron chi connectivity index (χ4n) is 1.55. The summed E-state index contributed by atoms with van der Waals surface area (Å²) < 4.78 is 4.69. The summed E-state index contributed by atoms with van der Waals surface area (Å²) in [7, 11) is 7.48. The SMILES string of the molecule is [CH2]OCCC[C@@H](O)CCCCCN(C)C. The van der Waals surface area contributed by atoms with Gasteiger partial charge in [0.1, 0.15) is 0 Å². The van der Waals surface area contributed by atoms with Crippen molar-refractivity contribution in [3.63, 3.8) is 0 Å². The van der Waals surface area contributed by atoms with Gasteiger partial charge in [0.05, 0.1) is 13.2 Å². The van der Waals surface area contributed by atoms with Crippen LogP contribution in [0.3, 0.4) is 0 Å². The zero-order chi connectivity index (χ0) is 11.5. The Kier molecular flexibility index (Phi) is 10.3. The maximum absolute atomic E-state index is 9.60. The number of nitrogens with zero attached hydrogens (tertiary/aromatic N) is 1. The van der Waals surface area contributed by atoms with E-state index in [4.69, 9.17) is 4.74 Å². The van der Waals surface area contributed by atoms with Crippen LogP contribution in [0.25, 0.3) is 0 Å². The minimum Gasteiger partial charge on any atom is -0.393 e. The average Bonchev–Trinajstić information content (AvgIpc) is 2.17. The van der Waals surface area contributed by atoms with E-state index >= 15 is 0 Å². The molecule has 3 heteroatoms. The summed E-state index contributed by atoms with van der Waals surface area (Å²) in [6.07, 6.45) is 6.07. The van der Waals surface area contributed by atoms with E-state index in [1.165, 1.54) is 12.8 Å². The van der Waals surface area contributed by atoms with Gasteiger partial charge >= 0.3 is 0 Å². The topological polar surface area (TPSA) is 32.7 Å². The summed E-state index contributed by atoms with van der Waals surface area (Å²) in [6.45, 7) is 1.79. The lowest BCUT2D eigenvalue weighted by molar-refractivity contribution is 0.133. The maximum atomic E-state index is 9.60. The highest BCUT2D eigenvalue weighted by molar-refractivity contribution is 4.57. The van der Waals surface area contributed by atoms with Gasteiger partial charge in [-0.25, -0.2) is 0 Å². The molecular formula is C12H26NO2. The van der Waals surface area contributed by atoms with Gasteiger partial charge in [-0.2, -0.15) is 0 Å². The first-order valence-electron chi connectivity index (χ1n) is 5.86. The highest BCUT2D eigenvalue weighted by Gasteiger charge is 2.03. The molecule has 0 aromatic heterocycles. The molecule has 0 aromatic rings. The molecule has 0 bridgehead atoms. The lowest BCUT2D eigenvalue weighted by Crippen LogP contribution is -2.13. The molecule has 15 heavy (non-hydrogen) atoms. The van der Waals surface area contributed by atoms with Crippen molar-refractivity contribution in [3.8, 4) is 0 Å². The van der Waals surface area contributed by atoms with E-state index < -0.39 is 0 Å². The predicted molar refractivity (Wildman–Crippen MR) is 63.6 cm³/mol. The van der Waals surface area contributed by atoms with Gasteiger partial charge in [0, 0.05) is 6.61 Å². The highest BCUT2D eigenvalue weighted by atomic mass is 16.5. The standard InChI is InChI=1S/C12H26NO2/c1-13(2)10-6-4-5-8-12(14)9-7-11-15-3/h12,14H,3-11H2,1-2H3/t12-/m0/s1. The molecule has 0 rings (SSSR count). The van der Waals surface area contributed by atoms with E-state index in [2.05, 4.69) is 26.1 Å². The molecule has 0 unspecified atom stereocenters. The van der Waals surface area contributed by atoms with E-state index in [-0.39, 0.29) is 6.10 Å². The van der Waals surface area contributed by atoms with Crippen molar-refractivity contribution in [2.45, 2.75) is 44.6 Å². The number of rotatable bonds is 10. The molecular weight excluding hydrogens is 190 g/mol. The second kappa shape index (κ2) is 10.4. The molecule has 0 saturated heterocycles. The molecule has 1 N–H and O–H groups in total. The molecule has 1 atom stereocenters. The van der Waals surface area contributed by atoms with E-state index in [1.807, 2.05) is 0 Å². The van der Waals surface area contributed by atoms with Gasteiger partial charge in [-0.15, -0.1) is 0 Å². The molecule has 0 spiro atoms. The number of unbranched alkanes of at least 4 members (excludes halogenated alkanes) is 2. The Hall–Kier alpha value is -0.120. The van der Waals surface area contributed by atoms with Crippen molar-refractivity contribution in [2.24, 2.45) is 0 Å². The average molecular weight is 216 g/mol. The summed E-state index contributed by atoms with van der Waals surface area (Å²) in [4.78, 5) is 2.20. The lowest BCUT2D eigenvalue weighted by atomic mass is 10.1. The summed E-state index contributed by atoms with van der Waals surface area (Å²) in [5.74, 6) is 0. The molecule has 3 nitrogen and oxygen atoms in total. The molecule has 0 heterocycles. The van der Waals surface area contributed by atoms with Crippen LogP contribution >= 0.6 is 0 Å². The van der Waals surface area contributed by atoms with Gasteiger partial charge < -0.3 is 14.7 Å². The second-order valence-corrected chi connectivity index (χ2v) is 4.36.